The van der Waals surface area contributed by atoms with Crippen molar-refractivity contribution < 1.29 is 14.7 Å². The van der Waals surface area contributed by atoms with E-state index in [4.69, 9.17) is 10.8 Å². The minimum Gasteiger partial charge on any atom is -0.478 e. The lowest BCUT2D eigenvalue weighted by Gasteiger charge is -2.24. The van der Waals surface area contributed by atoms with E-state index in [0.29, 0.717) is 18.9 Å². The highest BCUT2D eigenvalue weighted by Crippen LogP contribution is 2.20. The zero-order chi connectivity index (χ0) is 15.3. The van der Waals surface area contributed by atoms with Crippen molar-refractivity contribution >= 4 is 23.4 Å². The van der Waals surface area contributed by atoms with Crippen molar-refractivity contribution in [2.24, 2.45) is 0 Å². The lowest BCUT2D eigenvalue weighted by Crippen LogP contribution is -2.39. The van der Waals surface area contributed by atoms with E-state index in [0.717, 1.165) is 0 Å². The van der Waals surface area contributed by atoms with Gasteiger partial charge in [-0.05, 0) is 19.9 Å². The maximum Gasteiger partial charge on any atom is 0.337 e. The predicted molar refractivity (Wildman–Crippen MR) is 76.8 cm³/mol. The molecule has 7 heteroatoms. The van der Waals surface area contributed by atoms with Gasteiger partial charge in [0.1, 0.15) is 0 Å². The number of rotatable bonds is 6. The second-order valence-electron chi connectivity index (χ2n) is 4.36. The number of hydrogen-bond donors (Lipinski definition) is 2. The monoisotopic (exact) mass is 280 g/mol. The van der Waals surface area contributed by atoms with Crippen molar-refractivity contribution in [1.29, 1.82) is 0 Å². The number of anilines is 2. The molecule has 110 valence electrons. The summed E-state index contributed by atoms with van der Waals surface area (Å²) in [6, 6.07) is 1.34. The molecule has 1 heterocycles. The third kappa shape index (κ3) is 3.59. The van der Waals surface area contributed by atoms with Crippen LogP contribution in [0.3, 0.4) is 0 Å². The Kier molecular flexibility index (Phi) is 5.31. The smallest absolute Gasteiger partial charge is 0.337 e. The Labute approximate surface area is 118 Å². The summed E-state index contributed by atoms with van der Waals surface area (Å²) < 4.78 is 0. The largest absolute Gasteiger partial charge is 0.478 e. The van der Waals surface area contributed by atoms with Crippen molar-refractivity contribution in [3.05, 3.63) is 17.8 Å². The molecule has 1 rings (SSSR count). The topological polar surface area (TPSA) is 99.8 Å². The molecule has 1 aromatic rings. The number of aromatic nitrogens is 1. The average molecular weight is 280 g/mol. The molecule has 1 aromatic heterocycles. The number of carboxylic acid groups (broad SMARTS) is 1. The predicted octanol–water partition coefficient (Wildman–Crippen LogP) is 0.667. The normalized spacial score (nSPS) is 10.2. The summed E-state index contributed by atoms with van der Waals surface area (Å²) in [4.78, 5) is 30.1. The molecule has 0 spiro atoms. The molecule has 0 saturated carbocycles. The molecule has 0 fully saturated rings. The maximum atomic E-state index is 12.0. The Morgan fingerprint density at radius 3 is 2.40 bits per heavy atom. The van der Waals surface area contributed by atoms with Crippen LogP contribution in [0, 0.1) is 0 Å². The average Bonchev–Trinajstić information content (AvgIpc) is 2.39. The molecule has 1 amide bonds. The number of nitrogens with two attached hydrogens (primary N) is 1. The van der Waals surface area contributed by atoms with Crippen LogP contribution in [-0.2, 0) is 4.79 Å². The molecule has 0 aromatic carbocycles. The number of nitrogens with zero attached hydrogens (tertiary/aromatic N) is 3. The number of hydrogen-bond acceptors (Lipinski definition) is 5. The van der Waals surface area contributed by atoms with Crippen LogP contribution in [0.5, 0.6) is 0 Å². The molecular weight excluding hydrogens is 260 g/mol. The zero-order valence-corrected chi connectivity index (χ0v) is 12.0. The van der Waals surface area contributed by atoms with E-state index in [1.807, 2.05) is 13.8 Å². The number of nitrogen functional groups attached to an aromatic ring is 1. The van der Waals surface area contributed by atoms with Crippen molar-refractivity contribution in [2.45, 2.75) is 13.8 Å². The fourth-order valence-electron chi connectivity index (χ4n) is 1.86. The van der Waals surface area contributed by atoms with Gasteiger partial charge in [-0.3, -0.25) is 4.79 Å². The third-order valence-corrected chi connectivity index (χ3v) is 2.99. The number of amides is 1. The number of likely N-dealkylation sites (N-methyl/N-ethyl adjacent to an activating group) is 2. The molecule has 0 saturated heterocycles. The highest BCUT2D eigenvalue weighted by atomic mass is 16.4. The van der Waals surface area contributed by atoms with Crippen LogP contribution in [0.15, 0.2) is 12.3 Å². The van der Waals surface area contributed by atoms with Gasteiger partial charge in [0.2, 0.25) is 5.91 Å². The van der Waals surface area contributed by atoms with Gasteiger partial charge in [0, 0.05) is 26.3 Å². The molecule has 3 N–H and O–H groups in total. The summed E-state index contributed by atoms with van der Waals surface area (Å²) in [5, 5.41) is 8.85. The second-order valence-corrected chi connectivity index (χ2v) is 4.36. The standard InChI is InChI=1S/C13H20N4O3/c1-4-17(5-2)11(18)8-16(3)12-10(14)6-9(7-15-12)13(19)20/h6-7H,4-5,8,14H2,1-3H3,(H,19,20). The zero-order valence-electron chi connectivity index (χ0n) is 12.0. The Morgan fingerprint density at radius 1 is 1.35 bits per heavy atom. The molecule has 0 unspecified atom stereocenters. The SMILES string of the molecule is CCN(CC)C(=O)CN(C)c1ncc(C(=O)O)cc1N. The van der Waals surface area contributed by atoms with E-state index < -0.39 is 5.97 Å². The molecule has 0 aliphatic heterocycles. The van der Waals surface area contributed by atoms with Gasteiger partial charge in [0.05, 0.1) is 17.8 Å². The fraction of sp³-hybridized carbons (Fsp3) is 0.462. The quantitative estimate of drug-likeness (QED) is 0.794. The van der Waals surface area contributed by atoms with E-state index in [1.54, 1.807) is 16.8 Å². The van der Waals surface area contributed by atoms with Crippen LogP contribution in [-0.4, -0.2) is 53.5 Å². The van der Waals surface area contributed by atoms with Crippen molar-refractivity contribution in [1.82, 2.24) is 9.88 Å². The summed E-state index contributed by atoms with van der Waals surface area (Å²) in [5.74, 6) is -0.714. The van der Waals surface area contributed by atoms with Crippen molar-refractivity contribution in [3.8, 4) is 0 Å². The van der Waals surface area contributed by atoms with Gasteiger partial charge in [-0.1, -0.05) is 0 Å². The molecule has 20 heavy (non-hydrogen) atoms. The van der Waals surface area contributed by atoms with E-state index in [1.165, 1.54) is 12.3 Å². The first-order valence-corrected chi connectivity index (χ1v) is 6.38. The van der Waals surface area contributed by atoms with Gasteiger partial charge in [-0.25, -0.2) is 9.78 Å². The Morgan fingerprint density at radius 2 is 1.95 bits per heavy atom. The number of pyridine rings is 1. The molecule has 0 aliphatic carbocycles. The van der Waals surface area contributed by atoms with Gasteiger partial charge < -0.3 is 20.6 Å². The van der Waals surface area contributed by atoms with Gasteiger partial charge in [-0.2, -0.15) is 0 Å². The highest BCUT2D eigenvalue weighted by molar-refractivity contribution is 5.89. The highest BCUT2D eigenvalue weighted by Gasteiger charge is 2.16. The van der Waals surface area contributed by atoms with Gasteiger partial charge in [-0.15, -0.1) is 0 Å². The lowest BCUT2D eigenvalue weighted by atomic mass is 10.2. The Balaban J connectivity index is 2.85. The molecule has 0 radical (unpaired) electrons. The second kappa shape index (κ2) is 6.74. The Hall–Kier alpha value is -2.31. The summed E-state index contributed by atoms with van der Waals surface area (Å²) in [6.07, 6.45) is 1.23. The van der Waals surface area contributed by atoms with Crippen LogP contribution in [0.25, 0.3) is 0 Å². The van der Waals surface area contributed by atoms with Crippen molar-refractivity contribution in [3.63, 3.8) is 0 Å². The number of aromatic carboxylic acids is 1. The first kappa shape index (κ1) is 15.7. The van der Waals surface area contributed by atoms with Crippen LogP contribution in [0.1, 0.15) is 24.2 Å². The summed E-state index contributed by atoms with van der Waals surface area (Å²) in [5.41, 5.74) is 6.04. The lowest BCUT2D eigenvalue weighted by molar-refractivity contribution is -0.129. The number of carbonyl (C=O) groups excluding carboxylic acids is 1. The van der Waals surface area contributed by atoms with Gasteiger partial charge in [0.25, 0.3) is 0 Å². The van der Waals surface area contributed by atoms with E-state index in [2.05, 4.69) is 4.98 Å². The minimum absolute atomic E-state index is 0.0229. The summed E-state index contributed by atoms with van der Waals surface area (Å²) >= 11 is 0. The van der Waals surface area contributed by atoms with Crippen LogP contribution in [0.4, 0.5) is 11.5 Å². The molecular formula is C13H20N4O3. The fourth-order valence-corrected chi connectivity index (χ4v) is 1.86. The van der Waals surface area contributed by atoms with E-state index in [-0.39, 0.29) is 23.7 Å². The van der Waals surface area contributed by atoms with E-state index in [9.17, 15) is 9.59 Å². The first-order chi connectivity index (χ1) is 9.40. The molecule has 0 atom stereocenters. The summed E-state index contributed by atoms with van der Waals surface area (Å²) in [7, 11) is 1.69. The van der Waals surface area contributed by atoms with Crippen LogP contribution in [0.2, 0.25) is 0 Å². The third-order valence-electron chi connectivity index (χ3n) is 2.99. The summed E-state index contributed by atoms with van der Waals surface area (Å²) in [6.45, 7) is 5.25. The molecule has 0 aliphatic rings. The van der Waals surface area contributed by atoms with Crippen LogP contribution >= 0.6 is 0 Å². The van der Waals surface area contributed by atoms with E-state index >= 15 is 0 Å². The molecule has 0 bridgehead atoms. The number of carboxylic acids is 1. The van der Waals surface area contributed by atoms with Gasteiger partial charge >= 0.3 is 5.97 Å². The maximum absolute atomic E-state index is 12.0. The molecule has 7 nitrogen and oxygen atoms in total. The van der Waals surface area contributed by atoms with Crippen LogP contribution < -0.4 is 10.6 Å². The minimum atomic E-state index is -1.09. The van der Waals surface area contributed by atoms with Crippen molar-refractivity contribution in [2.75, 3.05) is 37.3 Å². The van der Waals surface area contributed by atoms with Gasteiger partial charge in [0.15, 0.2) is 5.82 Å². The Bertz CT molecular complexity index is 500. The number of carbonyl (C=O) groups is 2. The first-order valence-electron chi connectivity index (χ1n) is 6.38.